The molecule has 20 heavy (non-hydrogen) atoms. The first-order chi connectivity index (χ1) is 9.69. The van der Waals surface area contributed by atoms with Crippen molar-refractivity contribution < 1.29 is 4.74 Å². The number of pyridine rings is 1. The molecule has 0 spiro atoms. The van der Waals surface area contributed by atoms with Crippen LogP contribution in [0, 0.1) is 5.92 Å². The maximum atomic E-state index is 6.28. The lowest BCUT2D eigenvalue weighted by molar-refractivity contribution is 0.275. The van der Waals surface area contributed by atoms with Crippen LogP contribution in [0.1, 0.15) is 46.0 Å². The molecular formula is C16H25ClN2O. The van der Waals surface area contributed by atoms with E-state index in [-0.39, 0.29) is 5.54 Å². The van der Waals surface area contributed by atoms with Gasteiger partial charge in [0.05, 0.1) is 12.1 Å². The molecule has 1 aromatic rings. The second-order valence-electron chi connectivity index (χ2n) is 5.94. The summed E-state index contributed by atoms with van der Waals surface area (Å²) >= 11 is 6.28. The van der Waals surface area contributed by atoms with E-state index in [4.69, 9.17) is 16.3 Å². The summed E-state index contributed by atoms with van der Waals surface area (Å²) < 4.78 is 5.78. The molecule has 3 nitrogen and oxygen atoms in total. The average molecular weight is 297 g/mol. The van der Waals surface area contributed by atoms with Crippen LogP contribution < -0.4 is 10.1 Å². The fraction of sp³-hybridized carbons (Fsp3) is 0.688. The van der Waals surface area contributed by atoms with E-state index >= 15 is 0 Å². The van der Waals surface area contributed by atoms with Gasteiger partial charge in [0.2, 0.25) is 0 Å². The van der Waals surface area contributed by atoms with Crippen molar-refractivity contribution in [3.8, 4) is 5.75 Å². The number of hydrogen-bond acceptors (Lipinski definition) is 3. The quantitative estimate of drug-likeness (QED) is 0.787. The highest BCUT2D eigenvalue weighted by molar-refractivity contribution is 6.18. The lowest BCUT2D eigenvalue weighted by Gasteiger charge is -2.40. The molecule has 4 heteroatoms. The van der Waals surface area contributed by atoms with Gasteiger partial charge in [-0.3, -0.25) is 0 Å². The Morgan fingerprint density at radius 2 is 2.40 bits per heavy atom. The molecule has 1 N–H and O–H groups in total. The van der Waals surface area contributed by atoms with Gasteiger partial charge in [-0.15, -0.1) is 11.6 Å². The smallest absolute Gasteiger partial charge is 0.169 e. The van der Waals surface area contributed by atoms with E-state index in [9.17, 15) is 0 Å². The van der Waals surface area contributed by atoms with E-state index in [0.717, 1.165) is 30.8 Å². The van der Waals surface area contributed by atoms with E-state index in [1.54, 1.807) is 6.20 Å². The van der Waals surface area contributed by atoms with Crippen LogP contribution in [0.2, 0.25) is 0 Å². The molecule has 0 amide bonds. The Hall–Kier alpha value is -0.960. The van der Waals surface area contributed by atoms with E-state index in [1.165, 1.54) is 12.8 Å². The van der Waals surface area contributed by atoms with Crippen molar-refractivity contribution in [2.75, 3.05) is 17.8 Å². The highest BCUT2D eigenvalue weighted by atomic mass is 35.5. The Balaban J connectivity index is 2.14. The van der Waals surface area contributed by atoms with Gasteiger partial charge in [0, 0.05) is 12.1 Å². The predicted molar refractivity (Wildman–Crippen MR) is 84.7 cm³/mol. The Morgan fingerprint density at radius 3 is 3.10 bits per heavy atom. The van der Waals surface area contributed by atoms with Gasteiger partial charge in [0.15, 0.2) is 11.6 Å². The molecule has 112 valence electrons. The molecule has 2 rings (SSSR count). The van der Waals surface area contributed by atoms with Crippen molar-refractivity contribution in [2.45, 2.75) is 51.5 Å². The fourth-order valence-electron chi connectivity index (χ4n) is 2.99. The minimum Gasteiger partial charge on any atom is -0.490 e. The van der Waals surface area contributed by atoms with Gasteiger partial charge in [0.1, 0.15) is 0 Å². The molecule has 0 saturated heterocycles. The lowest BCUT2D eigenvalue weighted by atomic mass is 9.77. The van der Waals surface area contributed by atoms with Gasteiger partial charge in [-0.25, -0.2) is 4.98 Å². The SMILES string of the molecule is CCCOc1cccnc1NC1(CCl)CCCC(C)C1. The first kappa shape index (κ1) is 15.4. The largest absolute Gasteiger partial charge is 0.490 e. The summed E-state index contributed by atoms with van der Waals surface area (Å²) in [5, 5.41) is 3.58. The molecule has 1 aliphatic rings. The van der Waals surface area contributed by atoms with Crippen molar-refractivity contribution >= 4 is 17.4 Å². The molecule has 1 aliphatic carbocycles. The highest BCUT2D eigenvalue weighted by Gasteiger charge is 2.35. The lowest BCUT2D eigenvalue weighted by Crippen LogP contribution is -2.44. The van der Waals surface area contributed by atoms with E-state index in [1.807, 2.05) is 12.1 Å². The Kier molecular flexibility index (Phi) is 5.53. The number of nitrogens with one attached hydrogen (secondary N) is 1. The summed E-state index contributed by atoms with van der Waals surface area (Å²) in [5.74, 6) is 2.98. The number of ether oxygens (including phenoxy) is 1. The summed E-state index contributed by atoms with van der Waals surface area (Å²) in [4.78, 5) is 4.45. The zero-order valence-electron chi connectivity index (χ0n) is 12.5. The molecule has 1 fully saturated rings. The van der Waals surface area contributed by atoms with Gasteiger partial charge in [0.25, 0.3) is 0 Å². The van der Waals surface area contributed by atoms with Gasteiger partial charge in [-0.05, 0) is 37.3 Å². The summed E-state index contributed by atoms with van der Waals surface area (Å²) in [6.07, 6.45) is 7.51. The Labute approximate surface area is 127 Å². The maximum absolute atomic E-state index is 6.28. The van der Waals surface area contributed by atoms with Crippen LogP contribution in [0.5, 0.6) is 5.75 Å². The molecule has 2 atom stereocenters. The van der Waals surface area contributed by atoms with Crippen molar-refractivity contribution in [1.82, 2.24) is 4.98 Å². The molecule has 0 radical (unpaired) electrons. The van der Waals surface area contributed by atoms with E-state index in [0.29, 0.717) is 18.4 Å². The molecule has 0 aromatic carbocycles. The zero-order valence-corrected chi connectivity index (χ0v) is 13.2. The number of halogens is 1. The van der Waals surface area contributed by atoms with Crippen molar-refractivity contribution in [2.24, 2.45) is 5.92 Å². The van der Waals surface area contributed by atoms with Crippen LogP contribution in [0.15, 0.2) is 18.3 Å². The third-order valence-electron chi connectivity index (χ3n) is 3.96. The topological polar surface area (TPSA) is 34.1 Å². The normalized spacial score (nSPS) is 26.2. The molecule has 1 heterocycles. The van der Waals surface area contributed by atoms with Gasteiger partial charge in [-0.2, -0.15) is 0 Å². The van der Waals surface area contributed by atoms with Crippen molar-refractivity contribution in [3.05, 3.63) is 18.3 Å². The standard InChI is InChI=1S/C16H25ClN2O/c1-3-10-20-14-7-5-9-18-15(14)19-16(12-17)8-4-6-13(2)11-16/h5,7,9,13H,3-4,6,8,10-12H2,1-2H3,(H,18,19). The van der Waals surface area contributed by atoms with Crippen LogP contribution in [-0.4, -0.2) is 23.0 Å². The molecule has 2 unspecified atom stereocenters. The second kappa shape index (κ2) is 7.16. The highest BCUT2D eigenvalue weighted by Crippen LogP contribution is 2.37. The van der Waals surface area contributed by atoms with Gasteiger partial charge < -0.3 is 10.1 Å². The van der Waals surface area contributed by atoms with Crippen LogP contribution >= 0.6 is 11.6 Å². The summed E-state index contributed by atoms with van der Waals surface area (Å²) in [6, 6.07) is 3.88. The summed E-state index contributed by atoms with van der Waals surface area (Å²) in [5.41, 5.74) is -0.0437. The van der Waals surface area contributed by atoms with Crippen molar-refractivity contribution in [1.29, 1.82) is 0 Å². The molecular weight excluding hydrogens is 272 g/mol. The van der Waals surface area contributed by atoms with Crippen LogP contribution in [0.3, 0.4) is 0 Å². The monoisotopic (exact) mass is 296 g/mol. The number of rotatable bonds is 6. The Bertz CT molecular complexity index is 427. The van der Waals surface area contributed by atoms with Crippen molar-refractivity contribution in [3.63, 3.8) is 0 Å². The second-order valence-corrected chi connectivity index (χ2v) is 6.21. The molecule has 0 bridgehead atoms. The predicted octanol–water partition coefficient (Wildman–Crippen LogP) is 4.47. The summed E-state index contributed by atoms with van der Waals surface area (Å²) in [6.45, 7) is 5.12. The molecule has 1 aromatic heterocycles. The minimum atomic E-state index is -0.0437. The third-order valence-corrected chi connectivity index (χ3v) is 4.47. The number of anilines is 1. The van der Waals surface area contributed by atoms with Crippen LogP contribution in [0.25, 0.3) is 0 Å². The fourth-order valence-corrected chi connectivity index (χ4v) is 3.30. The first-order valence-corrected chi connectivity index (χ1v) is 8.14. The van der Waals surface area contributed by atoms with Crippen LogP contribution in [-0.2, 0) is 0 Å². The maximum Gasteiger partial charge on any atom is 0.169 e. The molecule has 0 aliphatic heterocycles. The third kappa shape index (κ3) is 3.78. The van der Waals surface area contributed by atoms with Gasteiger partial charge in [-0.1, -0.05) is 26.7 Å². The first-order valence-electron chi connectivity index (χ1n) is 7.61. The number of aromatic nitrogens is 1. The Morgan fingerprint density at radius 1 is 1.55 bits per heavy atom. The number of nitrogens with zero attached hydrogens (tertiary/aromatic N) is 1. The zero-order chi connectivity index (χ0) is 14.4. The van der Waals surface area contributed by atoms with Gasteiger partial charge >= 0.3 is 0 Å². The summed E-state index contributed by atoms with van der Waals surface area (Å²) in [7, 11) is 0. The minimum absolute atomic E-state index is 0.0437. The van der Waals surface area contributed by atoms with Crippen LogP contribution in [0.4, 0.5) is 5.82 Å². The average Bonchev–Trinajstić information content (AvgIpc) is 2.46. The number of alkyl halides is 1. The molecule has 1 saturated carbocycles. The van der Waals surface area contributed by atoms with E-state index in [2.05, 4.69) is 24.1 Å². The van der Waals surface area contributed by atoms with E-state index < -0.39 is 0 Å². The number of hydrogen-bond donors (Lipinski definition) is 1.